The molecule has 0 unspecified atom stereocenters. The van der Waals surface area contributed by atoms with Crippen LogP contribution >= 0.6 is 0 Å². The summed E-state index contributed by atoms with van der Waals surface area (Å²) in [5.74, 6) is -0.245. The first-order valence-electron chi connectivity index (χ1n) is 9.92. The summed E-state index contributed by atoms with van der Waals surface area (Å²) in [6, 6.07) is 8.51. The molecule has 1 aliphatic rings. The van der Waals surface area contributed by atoms with Gasteiger partial charge in [-0.1, -0.05) is 24.6 Å². The van der Waals surface area contributed by atoms with Crippen LogP contribution in [0.5, 0.6) is 5.75 Å². The van der Waals surface area contributed by atoms with Gasteiger partial charge < -0.3 is 19.1 Å². The summed E-state index contributed by atoms with van der Waals surface area (Å²) in [6.07, 6.45) is 2.37. The van der Waals surface area contributed by atoms with Crippen LogP contribution in [0.3, 0.4) is 0 Å². The molecule has 0 radical (unpaired) electrons. The Labute approximate surface area is 170 Å². The van der Waals surface area contributed by atoms with Gasteiger partial charge in [-0.2, -0.15) is 0 Å². The van der Waals surface area contributed by atoms with Gasteiger partial charge in [-0.25, -0.2) is 4.79 Å². The summed E-state index contributed by atoms with van der Waals surface area (Å²) in [4.78, 5) is 22.6. The van der Waals surface area contributed by atoms with E-state index >= 15 is 0 Å². The highest BCUT2D eigenvalue weighted by molar-refractivity contribution is 5.77. The highest BCUT2D eigenvalue weighted by Crippen LogP contribution is 2.50. The molecule has 2 aromatic rings. The number of rotatable bonds is 7. The van der Waals surface area contributed by atoms with Gasteiger partial charge in [-0.15, -0.1) is 0 Å². The molecule has 0 N–H and O–H groups in total. The topological polar surface area (TPSA) is 79.6 Å². The number of carbonyl (C=O) groups is 1. The maximum absolute atomic E-state index is 11.5. The molecule has 0 aliphatic heterocycles. The minimum Gasteiger partial charge on any atom is -0.550 e. The van der Waals surface area contributed by atoms with Crippen LogP contribution in [0.25, 0.3) is 11.0 Å². The lowest BCUT2D eigenvalue weighted by molar-refractivity contribution is -0.306. The minimum absolute atomic E-state index is 0.00179. The number of aliphatic carboxylic acids is 1. The monoisotopic (exact) mass is 395 g/mol. The summed E-state index contributed by atoms with van der Waals surface area (Å²) in [5, 5.41) is 12.0. The maximum Gasteiger partial charge on any atom is 0.336 e. The van der Waals surface area contributed by atoms with Crippen molar-refractivity contribution in [2.24, 2.45) is 11.3 Å². The lowest BCUT2D eigenvalue weighted by atomic mass is 9.60. The Balaban J connectivity index is 1.88. The van der Waals surface area contributed by atoms with Gasteiger partial charge in [0.15, 0.2) is 0 Å². The Hall–Kier alpha value is -2.82. The number of ether oxygens (including phenoxy) is 1. The first-order valence-corrected chi connectivity index (χ1v) is 9.92. The Morgan fingerprint density at radius 1 is 1.34 bits per heavy atom. The van der Waals surface area contributed by atoms with E-state index in [2.05, 4.69) is 20.4 Å². The fourth-order valence-electron chi connectivity index (χ4n) is 4.58. The molecule has 5 nitrogen and oxygen atoms in total. The molecule has 0 fully saturated rings. The number of hydrogen-bond acceptors (Lipinski definition) is 5. The van der Waals surface area contributed by atoms with Gasteiger partial charge in [-0.3, -0.25) is 0 Å². The average Bonchev–Trinajstić information content (AvgIpc) is 2.65. The van der Waals surface area contributed by atoms with E-state index < -0.39 is 11.6 Å². The maximum atomic E-state index is 11.5. The van der Waals surface area contributed by atoms with E-state index in [0.717, 1.165) is 29.4 Å². The molecule has 1 heterocycles. The summed E-state index contributed by atoms with van der Waals surface area (Å²) < 4.78 is 11.3. The van der Waals surface area contributed by atoms with Crippen LogP contribution in [-0.4, -0.2) is 12.6 Å². The molecule has 0 saturated heterocycles. The SMILES string of the molecule is C=C(C)[C@H]1CCC(C)=C(COc2ccc3ccc(=O)oc3c2)[C@]1(C)CCC(=O)[O-]. The van der Waals surface area contributed by atoms with Crippen molar-refractivity contribution >= 4 is 16.9 Å². The second-order valence-corrected chi connectivity index (χ2v) is 8.23. The third kappa shape index (κ3) is 4.44. The quantitative estimate of drug-likeness (QED) is 0.523. The van der Waals surface area contributed by atoms with Gasteiger partial charge in [0.05, 0.1) is 0 Å². The van der Waals surface area contributed by atoms with Gasteiger partial charge in [0.2, 0.25) is 0 Å². The minimum atomic E-state index is -1.04. The highest BCUT2D eigenvalue weighted by Gasteiger charge is 2.41. The molecule has 0 saturated carbocycles. The van der Waals surface area contributed by atoms with Crippen molar-refractivity contribution in [2.45, 2.75) is 46.5 Å². The largest absolute Gasteiger partial charge is 0.550 e. The number of allylic oxidation sites excluding steroid dienone is 2. The van der Waals surface area contributed by atoms with Crippen LogP contribution in [-0.2, 0) is 4.79 Å². The molecule has 5 heteroatoms. The van der Waals surface area contributed by atoms with E-state index in [1.165, 1.54) is 11.6 Å². The second-order valence-electron chi connectivity index (χ2n) is 8.23. The van der Waals surface area contributed by atoms with Crippen molar-refractivity contribution in [3.63, 3.8) is 0 Å². The number of benzene rings is 1. The number of fused-ring (bicyclic) bond motifs is 1. The third-order valence-electron chi connectivity index (χ3n) is 6.20. The average molecular weight is 395 g/mol. The summed E-state index contributed by atoms with van der Waals surface area (Å²) in [7, 11) is 0. The zero-order chi connectivity index (χ0) is 21.2. The molecule has 29 heavy (non-hydrogen) atoms. The van der Waals surface area contributed by atoms with Crippen molar-refractivity contribution in [3.8, 4) is 5.75 Å². The summed E-state index contributed by atoms with van der Waals surface area (Å²) in [6.45, 7) is 10.7. The van der Waals surface area contributed by atoms with Crippen LogP contribution in [0, 0.1) is 11.3 Å². The highest BCUT2D eigenvalue weighted by atomic mass is 16.5. The first-order chi connectivity index (χ1) is 13.7. The fraction of sp³-hybridized carbons (Fsp3) is 0.417. The molecule has 1 aromatic carbocycles. The van der Waals surface area contributed by atoms with Gasteiger partial charge in [0, 0.05) is 23.5 Å². The zero-order valence-corrected chi connectivity index (χ0v) is 17.2. The van der Waals surface area contributed by atoms with E-state index in [9.17, 15) is 14.7 Å². The molecule has 2 atom stereocenters. The molecule has 0 spiro atoms. The molecule has 0 amide bonds. The van der Waals surface area contributed by atoms with Gasteiger partial charge in [-0.05, 0) is 74.6 Å². The van der Waals surface area contributed by atoms with Crippen LogP contribution in [0.2, 0.25) is 0 Å². The Morgan fingerprint density at radius 2 is 2.07 bits per heavy atom. The van der Waals surface area contributed by atoms with Crippen LogP contribution in [0.4, 0.5) is 0 Å². The van der Waals surface area contributed by atoms with E-state index in [0.29, 0.717) is 24.4 Å². The summed E-state index contributed by atoms with van der Waals surface area (Å²) in [5.41, 5.74) is 3.13. The molecule has 154 valence electrons. The Morgan fingerprint density at radius 3 is 2.76 bits per heavy atom. The predicted octanol–water partition coefficient (Wildman–Crippen LogP) is 4.01. The fourth-order valence-corrected chi connectivity index (χ4v) is 4.58. The van der Waals surface area contributed by atoms with Gasteiger partial charge in [0.1, 0.15) is 17.9 Å². The molecular weight excluding hydrogens is 368 g/mol. The number of hydrogen-bond donors (Lipinski definition) is 0. The molecule has 0 bridgehead atoms. The van der Waals surface area contributed by atoms with Crippen LogP contribution < -0.4 is 15.5 Å². The van der Waals surface area contributed by atoms with E-state index in [1.54, 1.807) is 12.1 Å². The predicted molar refractivity (Wildman–Crippen MR) is 111 cm³/mol. The van der Waals surface area contributed by atoms with Crippen molar-refractivity contribution in [3.05, 3.63) is 64.1 Å². The van der Waals surface area contributed by atoms with Crippen molar-refractivity contribution in [1.29, 1.82) is 0 Å². The van der Waals surface area contributed by atoms with Crippen LogP contribution in [0.15, 0.2) is 62.8 Å². The van der Waals surface area contributed by atoms with Crippen molar-refractivity contribution < 1.29 is 19.1 Å². The molecule has 1 aliphatic carbocycles. The van der Waals surface area contributed by atoms with Gasteiger partial charge >= 0.3 is 5.63 Å². The smallest absolute Gasteiger partial charge is 0.336 e. The first kappa shape index (κ1) is 20.9. The summed E-state index contributed by atoms with van der Waals surface area (Å²) >= 11 is 0. The second kappa shape index (κ2) is 8.27. The van der Waals surface area contributed by atoms with Crippen molar-refractivity contribution in [2.75, 3.05) is 6.61 Å². The lowest BCUT2D eigenvalue weighted by Crippen LogP contribution is -2.38. The normalized spacial score (nSPS) is 22.0. The van der Waals surface area contributed by atoms with Gasteiger partial charge in [0.25, 0.3) is 0 Å². The Kier molecular flexibility index (Phi) is 5.96. The van der Waals surface area contributed by atoms with Crippen LogP contribution in [0.1, 0.15) is 46.5 Å². The zero-order valence-electron chi connectivity index (χ0n) is 17.2. The number of carboxylic acids is 1. The van der Waals surface area contributed by atoms with E-state index in [1.807, 2.05) is 19.1 Å². The lowest BCUT2D eigenvalue weighted by Gasteiger charge is -2.45. The third-order valence-corrected chi connectivity index (χ3v) is 6.20. The number of carboxylic acid groups (broad SMARTS) is 1. The molecule has 1 aromatic heterocycles. The number of carbonyl (C=O) groups excluding carboxylic acids is 1. The van der Waals surface area contributed by atoms with Crippen molar-refractivity contribution in [1.82, 2.24) is 0 Å². The van der Waals surface area contributed by atoms with E-state index in [-0.39, 0.29) is 17.8 Å². The van der Waals surface area contributed by atoms with E-state index in [4.69, 9.17) is 9.15 Å². The molecule has 3 rings (SSSR count). The Bertz CT molecular complexity index is 1030. The molecular formula is C24H27O5-. The standard InChI is InChI=1S/C24H28O5/c1-15(2)19-9-5-16(3)20(24(19,4)12-11-22(25)26)14-28-18-8-6-17-7-10-23(27)29-21(17)13-18/h6-8,10,13,19H,1,5,9,11-12,14H2,2-4H3,(H,25,26)/p-1/t19-,24-/m1/s1.